The number of halogens is 1. The van der Waals surface area contributed by atoms with E-state index in [1.165, 1.54) is 19.2 Å². The number of imide groups is 1. The van der Waals surface area contributed by atoms with Gasteiger partial charge < -0.3 is 9.64 Å². The van der Waals surface area contributed by atoms with Gasteiger partial charge >= 0.3 is 0 Å². The third-order valence-electron chi connectivity index (χ3n) is 7.86. The number of fused-ring (bicyclic) bond motifs is 3. The number of ether oxygens (including phenoxy) is 1. The smallest absolute Gasteiger partial charge is 0.271 e. The van der Waals surface area contributed by atoms with Crippen molar-refractivity contribution < 1.29 is 28.8 Å². The normalized spacial score (nSPS) is 22.5. The number of carbonyl (C=O) groups is 4. The molecule has 42 heavy (non-hydrogen) atoms. The van der Waals surface area contributed by atoms with Crippen LogP contribution in [0.2, 0.25) is 5.02 Å². The van der Waals surface area contributed by atoms with Crippen LogP contribution in [-0.2, 0) is 9.59 Å². The van der Waals surface area contributed by atoms with Crippen molar-refractivity contribution in [1.82, 2.24) is 4.90 Å². The number of benzene rings is 3. The molecule has 3 aliphatic rings. The van der Waals surface area contributed by atoms with Crippen molar-refractivity contribution in [2.75, 3.05) is 12.0 Å². The van der Waals surface area contributed by atoms with Gasteiger partial charge in [0.15, 0.2) is 11.6 Å². The van der Waals surface area contributed by atoms with Gasteiger partial charge in [0.1, 0.15) is 17.5 Å². The van der Waals surface area contributed by atoms with Crippen LogP contribution in [0.4, 0.5) is 11.4 Å². The Morgan fingerprint density at radius 1 is 0.929 bits per heavy atom. The monoisotopic (exact) mass is 583 g/mol. The lowest BCUT2D eigenvalue weighted by Crippen LogP contribution is -2.46. The molecule has 3 aliphatic heterocycles. The van der Waals surface area contributed by atoms with Gasteiger partial charge in [-0.3, -0.25) is 29.3 Å². The summed E-state index contributed by atoms with van der Waals surface area (Å²) in [5.41, 5.74) is 0.625. The van der Waals surface area contributed by atoms with Crippen molar-refractivity contribution in [3.63, 3.8) is 0 Å². The lowest BCUT2D eigenvalue weighted by atomic mass is 9.85. The summed E-state index contributed by atoms with van der Waals surface area (Å²) in [6, 6.07) is 16.5. The largest absolute Gasteiger partial charge is 0.495 e. The highest BCUT2D eigenvalue weighted by Gasteiger charge is 2.64. The van der Waals surface area contributed by atoms with Gasteiger partial charge in [-0.05, 0) is 36.4 Å². The van der Waals surface area contributed by atoms with Gasteiger partial charge in [0, 0.05) is 40.1 Å². The number of methoxy groups -OCH3 is 1. The van der Waals surface area contributed by atoms with Crippen LogP contribution in [-0.4, -0.2) is 52.4 Å². The zero-order valence-corrected chi connectivity index (χ0v) is 22.8. The minimum absolute atomic E-state index is 0.0822. The quantitative estimate of drug-likeness (QED) is 0.170. The fourth-order valence-electron chi connectivity index (χ4n) is 5.94. The van der Waals surface area contributed by atoms with Crippen LogP contribution in [0, 0.1) is 22.0 Å². The Hall–Kier alpha value is -5.09. The maximum absolute atomic E-state index is 14.1. The number of hydrogen-bond donors (Lipinski definition) is 0. The number of rotatable bonds is 7. The van der Waals surface area contributed by atoms with E-state index < -0.39 is 46.4 Å². The van der Waals surface area contributed by atoms with Gasteiger partial charge in [-0.15, -0.1) is 0 Å². The van der Waals surface area contributed by atoms with Crippen LogP contribution in [0.25, 0.3) is 0 Å². The number of allylic oxidation sites excluding steroid dienone is 2. The number of Topliss-reactive ketones (excluding diaryl/α,β-unsaturated/α-hetero) is 2. The Kier molecular flexibility index (Phi) is 6.70. The average Bonchev–Trinajstić information content (AvgIpc) is 3.48. The average molecular weight is 584 g/mol. The van der Waals surface area contributed by atoms with E-state index in [-0.39, 0.29) is 22.9 Å². The first-order chi connectivity index (χ1) is 20.2. The van der Waals surface area contributed by atoms with Crippen molar-refractivity contribution in [1.29, 1.82) is 0 Å². The Balaban J connectivity index is 1.46. The third-order valence-corrected chi connectivity index (χ3v) is 8.11. The molecule has 0 spiro atoms. The summed E-state index contributed by atoms with van der Waals surface area (Å²) in [6.07, 6.45) is 4.77. The first-order valence-electron chi connectivity index (χ1n) is 13.0. The van der Waals surface area contributed by atoms with E-state index in [0.29, 0.717) is 21.7 Å². The minimum Gasteiger partial charge on any atom is -0.495 e. The molecule has 0 radical (unpaired) electrons. The van der Waals surface area contributed by atoms with E-state index >= 15 is 0 Å². The molecule has 0 aromatic heterocycles. The summed E-state index contributed by atoms with van der Waals surface area (Å²) < 4.78 is 5.34. The molecule has 0 saturated carbocycles. The summed E-state index contributed by atoms with van der Waals surface area (Å²) in [5.74, 6) is -4.13. The van der Waals surface area contributed by atoms with Gasteiger partial charge in [-0.2, -0.15) is 0 Å². The molecule has 6 rings (SSSR count). The second kappa shape index (κ2) is 10.4. The zero-order valence-electron chi connectivity index (χ0n) is 22.0. The number of nitrogens with zero attached hydrogens (tertiary/aromatic N) is 3. The van der Waals surface area contributed by atoms with Crippen LogP contribution in [0.1, 0.15) is 20.7 Å². The highest BCUT2D eigenvalue weighted by atomic mass is 35.5. The molecule has 2 amide bonds. The topological polar surface area (TPSA) is 127 Å². The molecule has 3 heterocycles. The summed E-state index contributed by atoms with van der Waals surface area (Å²) in [4.78, 5) is 68.8. The van der Waals surface area contributed by atoms with Gasteiger partial charge in [0.2, 0.25) is 11.8 Å². The zero-order chi connectivity index (χ0) is 29.7. The Morgan fingerprint density at radius 2 is 1.62 bits per heavy atom. The minimum atomic E-state index is -1.14. The van der Waals surface area contributed by atoms with Crippen molar-refractivity contribution in [3.05, 3.63) is 123 Å². The highest BCUT2D eigenvalue weighted by Crippen LogP contribution is 2.49. The van der Waals surface area contributed by atoms with E-state index in [9.17, 15) is 29.3 Å². The molecule has 2 saturated heterocycles. The standard InChI is InChI=1S/C31H22ClN3O7/c1-42-24-12-11-21(35(40)41)16-22(24)34-30(38)25-23-15-19(28(36)17-5-3-2-4-6-17)13-14-33(23)27(26(25)31(34)39)29(37)18-7-9-20(32)10-8-18/h2-16,23,25-27H,1H3/t23-,25-,26-,27-/m0/s1. The van der Waals surface area contributed by atoms with Crippen molar-refractivity contribution >= 4 is 46.4 Å². The molecule has 2 fully saturated rings. The van der Waals surface area contributed by atoms with Crippen molar-refractivity contribution in [2.24, 2.45) is 11.8 Å². The van der Waals surface area contributed by atoms with Crippen LogP contribution in [0.5, 0.6) is 5.75 Å². The first-order valence-corrected chi connectivity index (χ1v) is 13.4. The van der Waals surface area contributed by atoms with E-state index in [1.807, 2.05) is 0 Å². The summed E-state index contributed by atoms with van der Waals surface area (Å²) in [7, 11) is 1.32. The molecule has 0 aliphatic carbocycles. The Morgan fingerprint density at radius 3 is 2.29 bits per heavy atom. The maximum atomic E-state index is 14.1. The lowest BCUT2D eigenvalue weighted by molar-refractivity contribution is -0.384. The Bertz CT molecular complexity index is 1720. The van der Waals surface area contributed by atoms with Crippen molar-refractivity contribution in [3.8, 4) is 5.75 Å². The van der Waals surface area contributed by atoms with E-state index in [1.54, 1.807) is 77.8 Å². The molecular formula is C31H22ClN3O7. The highest BCUT2D eigenvalue weighted by molar-refractivity contribution is 6.30. The van der Waals surface area contributed by atoms with E-state index in [0.717, 1.165) is 11.0 Å². The van der Waals surface area contributed by atoms with Crippen molar-refractivity contribution in [2.45, 2.75) is 12.1 Å². The second-order valence-electron chi connectivity index (χ2n) is 10.1. The number of hydrogen-bond acceptors (Lipinski definition) is 8. The number of nitro groups is 1. The molecule has 0 bridgehead atoms. The SMILES string of the molecule is COc1ccc([N+](=O)[O-])cc1N1C(=O)[C@@H]2[C@H](C1=O)[C@@H](C(=O)c1ccc(Cl)cc1)N1C=CC(C(=O)c3ccccc3)=C[C@@H]21. The molecule has 4 atom stereocenters. The maximum Gasteiger partial charge on any atom is 0.271 e. The summed E-state index contributed by atoms with van der Waals surface area (Å²) >= 11 is 6.03. The van der Waals surface area contributed by atoms with E-state index in [2.05, 4.69) is 0 Å². The molecular weight excluding hydrogens is 562 g/mol. The first kappa shape index (κ1) is 27.1. The molecule has 3 aromatic rings. The third kappa shape index (κ3) is 4.27. The van der Waals surface area contributed by atoms with Crippen LogP contribution >= 0.6 is 11.6 Å². The van der Waals surface area contributed by atoms with Gasteiger partial charge in [0.25, 0.3) is 5.69 Å². The number of carbonyl (C=O) groups excluding carboxylic acids is 4. The summed E-state index contributed by atoms with van der Waals surface area (Å²) in [6.45, 7) is 0. The van der Waals surface area contributed by atoms with Gasteiger partial charge in [-0.1, -0.05) is 48.0 Å². The molecule has 0 unspecified atom stereocenters. The predicted molar refractivity (Wildman–Crippen MR) is 152 cm³/mol. The number of anilines is 1. The molecule has 0 N–H and O–H groups in total. The molecule has 10 nitrogen and oxygen atoms in total. The fraction of sp³-hybridized carbons (Fsp3) is 0.161. The van der Waals surface area contributed by atoms with Gasteiger partial charge in [-0.25, -0.2) is 4.90 Å². The number of ketones is 2. The predicted octanol–water partition coefficient (Wildman–Crippen LogP) is 4.63. The van der Waals surface area contributed by atoms with Crippen LogP contribution < -0.4 is 9.64 Å². The fourth-order valence-corrected chi connectivity index (χ4v) is 6.07. The van der Waals surface area contributed by atoms with Crippen LogP contribution in [0.15, 0.2) is 96.7 Å². The lowest BCUT2D eigenvalue weighted by Gasteiger charge is -2.33. The summed E-state index contributed by atoms with van der Waals surface area (Å²) in [5, 5.41) is 11.9. The molecule has 11 heteroatoms. The molecule has 3 aromatic carbocycles. The number of amides is 2. The van der Waals surface area contributed by atoms with Gasteiger partial charge in [0.05, 0.1) is 29.9 Å². The van der Waals surface area contributed by atoms with Crippen LogP contribution in [0.3, 0.4) is 0 Å². The number of non-ortho nitro benzene ring substituents is 1. The molecule has 210 valence electrons. The van der Waals surface area contributed by atoms with E-state index in [4.69, 9.17) is 16.3 Å². The Labute approximate surface area is 244 Å². The second-order valence-corrected chi connectivity index (χ2v) is 10.5. The number of nitro benzene ring substituents is 1.